The summed E-state index contributed by atoms with van der Waals surface area (Å²) in [5.41, 5.74) is 0. The van der Waals surface area contributed by atoms with Gasteiger partial charge >= 0.3 is 29.0 Å². The molecular formula is C32H44FeN2O8S2+2. The average Bonchev–Trinajstić information content (AvgIpc) is 3.73. The van der Waals surface area contributed by atoms with E-state index in [2.05, 4.69) is 20.1 Å². The molecular weight excluding hydrogens is 660 g/mol. The summed E-state index contributed by atoms with van der Waals surface area (Å²) in [5.74, 6) is 1.71. The van der Waals surface area contributed by atoms with Gasteiger partial charge in [-0.3, -0.25) is 19.2 Å². The zero-order valence-electron chi connectivity index (χ0n) is 26.6. The van der Waals surface area contributed by atoms with Crippen molar-refractivity contribution >= 4 is 58.8 Å². The number of hydrogen-bond acceptors (Lipinski definition) is 10. The Balaban J connectivity index is 0.000000842. The van der Waals surface area contributed by atoms with E-state index in [1.807, 2.05) is 53.4 Å². The maximum atomic E-state index is 11.8. The summed E-state index contributed by atoms with van der Waals surface area (Å²) in [7, 11) is 2.60. The quantitative estimate of drug-likeness (QED) is 0.124. The maximum Gasteiger partial charge on any atom is 2.00 e. The van der Waals surface area contributed by atoms with Crippen molar-refractivity contribution in [1.29, 1.82) is 0 Å². The van der Waals surface area contributed by atoms with Crippen LogP contribution < -0.4 is 10.6 Å². The van der Waals surface area contributed by atoms with Crippen LogP contribution in [0.25, 0.3) is 0 Å². The van der Waals surface area contributed by atoms with E-state index in [4.69, 9.17) is 0 Å². The fourth-order valence-corrected chi connectivity index (χ4v) is 5.23. The van der Waals surface area contributed by atoms with Crippen molar-refractivity contribution in [1.82, 2.24) is 10.6 Å². The number of carbonyl (C=O) groups excluding carboxylic acids is 6. The van der Waals surface area contributed by atoms with Crippen molar-refractivity contribution in [3.63, 3.8) is 0 Å². The predicted octanol–water partition coefficient (Wildman–Crippen LogP) is 2.79. The molecule has 2 N–H and O–H groups in total. The standard InChI is InChI=1S/2C16H22NO4S.Fe/c2*1-11(2)15(16(20)21-3)17-14(19)10-22-9-8-13(18)12-6-4-5-7-12;/h2*4-7,11,15H,8-10H2,1-3H3,(H,17,19);/q;;+2/t2*15-;/m00./s1. The largest absolute Gasteiger partial charge is 2.00 e. The van der Waals surface area contributed by atoms with Crippen LogP contribution >= 0.6 is 23.5 Å². The van der Waals surface area contributed by atoms with Crippen LogP contribution in [-0.4, -0.2) is 84.6 Å². The first-order chi connectivity index (χ1) is 20.9. The molecule has 13 heteroatoms. The fourth-order valence-electron chi connectivity index (χ4n) is 3.75. The Morgan fingerprint density at radius 2 is 0.933 bits per heavy atom. The molecule has 2 aliphatic rings. The van der Waals surface area contributed by atoms with Gasteiger partial charge in [0, 0.05) is 36.2 Å². The topological polar surface area (TPSA) is 145 Å². The molecule has 0 aromatic rings. The van der Waals surface area contributed by atoms with E-state index >= 15 is 0 Å². The number of ether oxygens (including phenoxy) is 2. The normalized spacial score (nSPS) is 16.2. The molecule has 2 rings (SSSR count). The van der Waals surface area contributed by atoms with E-state index in [1.165, 1.54) is 37.7 Å². The molecule has 0 heterocycles. The van der Waals surface area contributed by atoms with Crippen LogP contribution in [0.5, 0.6) is 0 Å². The molecule has 2 fully saturated rings. The van der Waals surface area contributed by atoms with Crippen LogP contribution in [0.1, 0.15) is 40.5 Å². The van der Waals surface area contributed by atoms with Crippen LogP contribution in [0.2, 0.25) is 0 Å². The van der Waals surface area contributed by atoms with E-state index in [0.29, 0.717) is 36.2 Å². The van der Waals surface area contributed by atoms with E-state index in [9.17, 15) is 28.8 Å². The van der Waals surface area contributed by atoms with Crippen molar-refractivity contribution < 1.29 is 55.3 Å². The third-order valence-electron chi connectivity index (χ3n) is 6.26. The summed E-state index contributed by atoms with van der Waals surface area (Å²) in [5, 5.41) is 5.33. The summed E-state index contributed by atoms with van der Waals surface area (Å²) in [6, 6.07) is -1.27. The summed E-state index contributed by atoms with van der Waals surface area (Å²) < 4.78 is 9.34. The molecule has 2 aliphatic carbocycles. The fraction of sp³-hybridized carbons (Fsp3) is 0.500. The van der Waals surface area contributed by atoms with Gasteiger partial charge in [0.1, 0.15) is 23.7 Å². The SMILES string of the molecule is COC(=O)[C@@H](NC(=O)CSCCC(=O)[C]1[CH][CH][CH][CH]1)C(C)C.COC(=O)[C@@H](NC(=O)CSCCC(=O)[C]1[CH][CH][CH][CH]1)C(C)C.[Fe+2]. The number of Topliss-reactive ketones (excluding diaryl/α,β-unsaturated/α-hetero) is 2. The number of ketones is 2. The minimum atomic E-state index is -0.635. The Bertz CT molecular complexity index is 864. The number of nitrogens with one attached hydrogen (secondary N) is 2. The zero-order chi connectivity index (χ0) is 33.1. The molecule has 10 radical (unpaired) electrons. The number of amides is 2. The summed E-state index contributed by atoms with van der Waals surface area (Å²) in [6.07, 6.45) is 15.2. The number of rotatable bonds is 18. The predicted molar refractivity (Wildman–Crippen MR) is 172 cm³/mol. The molecule has 0 bridgehead atoms. The number of carbonyl (C=O) groups is 6. The van der Waals surface area contributed by atoms with E-state index < -0.39 is 24.0 Å². The molecule has 2 amide bonds. The smallest absolute Gasteiger partial charge is 0.467 e. The van der Waals surface area contributed by atoms with Gasteiger partial charge in [-0.05, 0) is 63.2 Å². The first-order valence-electron chi connectivity index (χ1n) is 14.3. The van der Waals surface area contributed by atoms with Gasteiger partial charge in [0.15, 0.2) is 0 Å². The number of hydrogen-bond donors (Lipinski definition) is 2. The van der Waals surface area contributed by atoms with Crippen LogP contribution in [0.4, 0.5) is 0 Å². The molecule has 0 aromatic carbocycles. The Morgan fingerprint density at radius 1 is 0.622 bits per heavy atom. The van der Waals surface area contributed by atoms with Gasteiger partial charge < -0.3 is 20.1 Å². The summed E-state index contributed by atoms with van der Waals surface area (Å²) in [6.45, 7) is 7.36. The molecule has 0 unspecified atom stereocenters. The maximum absolute atomic E-state index is 11.8. The van der Waals surface area contributed by atoms with Gasteiger partial charge in [-0.1, -0.05) is 27.7 Å². The summed E-state index contributed by atoms with van der Waals surface area (Å²) in [4.78, 5) is 70.3. The van der Waals surface area contributed by atoms with E-state index in [-0.39, 0.29) is 63.8 Å². The van der Waals surface area contributed by atoms with Crippen LogP contribution in [0, 0.1) is 75.0 Å². The van der Waals surface area contributed by atoms with Crippen molar-refractivity contribution in [3.8, 4) is 0 Å². The number of methoxy groups -OCH3 is 2. The average molecular weight is 705 g/mol. The third kappa shape index (κ3) is 17.8. The van der Waals surface area contributed by atoms with Crippen molar-refractivity contribution in [2.75, 3.05) is 37.2 Å². The Kier molecular flexibility index (Phi) is 23.7. The Morgan fingerprint density at radius 3 is 1.20 bits per heavy atom. The first-order valence-corrected chi connectivity index (χ1v) is 16.6. The second-order valence-corrected chi connectivity index (χ2v) is 12.6. The molecule has 0 aromatic heterocycles. The van der Waals surface area contributed by atoms with Crippen LogP contribution in [0.15, 0.2) is 0 Å². The second-order valence-electron chi connectivity index (χ2n) is 10.4. The van der Waals surface area contributed by atoms with Gasteiger partial charge in [0.2, 0.25) is 11.8 Å². The van der Waals surface area contributed by atoms with E-state index in [1.54, 1.807) is 25.7 Å². The molecule has 248 valence electrons. The summed E-state index contributed by atoms with van der Waals surface area (Å²) >= 11 is 2.75. The first kappa shape index (κ1) is 43.4. The van der Waals surface area contributed by atoms with Crippen molar-refractivity contribution in [2.45, 2.75) is 52.6 Å². The van der Waals surface area contributed by atoms with Gasteiger partial charge in [-0.25, -0.2) is 9.59 Å². The minimum absolute atomic E-state index is 0. The number of thioether (sulfide) groups is 2. The van der Waals surface area contributed by atoms with Crippen molar-refractivity contribution in [3.05, 3.63) is 63.2 Å². The molecule has 2 atom stereocenters. The monoisotopic (exact) mass is 704 g/mol. The van der Waals surface area contributed by atoms with Gasteiger partial charge in [-0.15, -0.1) is 0 Å². The Labute approximate surface area is 288 Å². The minimum Gasteiger partial charge on any atom is -0.467 e. The zero-order valence-corrected chi connectivity index (χ0v) is 29.3. The van der Waals surface area contributed by atoms with Gasteiger partial charge in [0.05, 0.1) is 25.7 Å². The second kappa shape index (κ2) is 24.6. The molecule has 2 saturated carbocycles. The van der Waals surface area contributed by atoms with E-state index in [0.717, 1.165) is 0 Å². The molecule has 10 nitrogen and oxygen atoms in total. The molecule has 0 saturated heterocycles. The van der Waals surface area contributed by atoms with Gasteiger partial charge in [0.25, 0.3) is 0 Å². The van der Waals surface area contributed by atoms with Crippen LogP contribution in [-0.2, 0) is 55.3 Å². The molecule has 0 spiro atoms. The van der Waals surface area contributed by atoms with Gasteiger partial charge in [-0.2, -0.15) is 23.5 Å². The molecule has 45 heavy (non-hydrogen) atoms. The number of esters is 2. The third-order valence-corrected chi connectivity index (χ3v) is 8.18. The Hall–Kier alpha value is -1.56. The van der Waals surface area contributed by atoms with Crippen LogP contribution in [0.3, 0.4) is 0 Å². The van der Waals surface area contributed by atoms with Crippen molar-refractivity contribution in [2.24, 2.45) is 11.8 Å². The molecule has 0 aliphatic heterocycles.